The summed E-state index contributed by atoms with van der Waals surface area (Å²) < 4.78 is 55.3. The standard InChI is InChI=1S/C24H29FN6O5S2/c1-14-15(2)27-29(3)22(14)36-23-26-24(37-28-23)30-10-7-16(8-11-30)31-12-9-20(21(31)32)35-19-6-5-17(13-18(19)25)38(4,33)34/h5-6,13,16,20H,7-12H2,1-4H3. The van der Waals surface area contributed by atoms with E-state index in [2.05, 4.69) is 19.4 Å². The molecule has 0 saturated carbocycles. The van der Waals surface area contributed by atoms with Crippen LogP contribution >= 0.6 is 11.5 Å². The first-order valence-electron chi connectivity index (χ1n) is 12.2. The van der Waals surface area contributed by atoms with Crippen molar-refractivity contribution >= 4 is 32.4 Å². The van der Waals surface area contributed by atoms with Crippen LogP contribution < -0.4 is 14.4 Å². The average Bonchev–Trinajstić information content (AvgIpc) is 3.55. The predicted octanol–water partition coefficient (Wildman–Crippen LogP) is 2.87. The van der Waals surface area contributed by atoms with E-state index in [4.69, 9.17) is 9.47 Å². The smallest absolute Gasteiger partial charge is 0.337 e. The van der Waals surface area contributed by atoms with Gasteiger partial charge in [-0.25, -0.2) is 17.5 Å². The van der Waals surface area contributed by atoms with E-state index < -0.39 is 21.8 Å². The van der Waals surface area contributed by atoms with Gasteiger partial charge >= 0.3 is 6.01 Å². The molecule has 2 saturated heterocycles. The molecule has 4 heterocycles. The topological polar surface area (TPSA) is 120 Å². The quantitative estimate of drug-likeness (QED) is 0.427. The molecule has 2 aliphatic heterocycles. The number of halogens is 1. The Morgan fingerprint density at radius 2 is 1.87 bits per heavy atom. The van der Waals surface area contributed by atoms with E-state index in [1.54, 1.807) is 4.68 Å². The molecule has 1 amide bonds. The molecule has 0 aliphatic carbocycles. The molecule has 2 fully saturated rings. The number of likely N-dealkylation sites (tertiary alicyclic amines) is 1. The molecule has 0 radical (unpaired) electrons. The Hall–Kier alpha value is -3.26. The van der Waals surface area contributed by atoms with Crippen molar-refractivity contribution in [1.29, 1.82) is 0 Å². The Bertz CT molecular complexity index is 1460. The van der Waals surface area contributed by atoms with Crippen LogP contribution in [0.3, 0.4) is 0 Å². The zero-order valence-corrected chi connectivity index (χ0v) is 23.2. The van der Waals surface area contributed by atoms with Crippen molar-refractivity contribution in [2.75, 3.05) is 30.8 Å². The lowest BCUT2D eigenvalue weighted by atomic mass is 10.0. The van der Waals surface area contributed by atoms with Gasteiger partial charge in [-0.2, -0.15) is 10.1 Å². The number of benzene rings is 1. The van der Waals surface area contributed by atoms with E-state index in [0.29, 0.717) is 31.9 Å². The van der Waals surface area contributed by atoms with Gasteiger partial charge in [-0.15, -0.1) is 4.37 Å². The van der Waals surface area contributed by atoms with Crippen molar-refractivity contribution in [3.63, 3.8) is 0 Å². The number of hydrogen-bond donors (Lipinski definition) is 0. The predicted molar refractivity (Wildman–Crippen MR) is 138 cm³/mol. The van der Waals surface area contributed by atoms with Crippen LogP contribution in [0.4, 0.5) is 9.52 Å². The van der Waals surface area contributed by atoms with Gasteiger partial charge < -0.3 is 19.3 Å². The van der Waals surface area contributed by atoms with Crippen LogP contribution in [-0.2, 0) is 21.7 Å². The van der Waals surface area contributed by atoms with Gasteiger partial charge in [0.05, 0.1) is 10.6 Å². The van der Waals surface area contributed by atoms with Gasteiger partial charge in [0, 0.05) is 62.5 Å². The lowest BCUT2D eigenvalue weighted by molar-refractivity contribution is -0.135. The number of piperidine rings is 1. The van der Waals surface area contributed by atoms with Crippen LogP contribution in [0.2, 0.25) is 0 Å². The normalized spacial score (nSPS) is 18.9. The van der Waals surface area contributed by atoms with Crippen molar-refractivity contribution in [3.8, 4) is 17.6 Å². The largest absolute Gasteiger partial charge is 0.477 e. The number of aromatic nitrogens is 4. The summed E-state index contributed by atoms with van der Waals surface area (Å²) in [6, 6.07) is 3.79. The fourth-order valence-corrected chi connectivity index (χ4v) is 6.11. The number of hydrogen-bond acceptors (Lipinski definition) is 10. The van der Waals surface area contributed by atoms with Gasteiger partial charge in [0.1, 0.15) is 0 Å². The summed E-state index contributed by atoms with van der Waals surface area (Å²) in [5, 5.41) is 5.11. The third-order valence-corrected chi connectivity index (χ3v) is 8.88. The highest BCUT2D eigenvalue weighted by Gasteiger charge is 2.39. The average molecular weight is 565 g/mol. The van der Waals surface area contributed by atoms with Crippen molar-refractivity contribution in [2.45, 2.75) is 50.2 Å². The second kappa shape index (κ2) is 10.1. The number of sulfone groups is 1. The Morgan fingerprint density at radius 3 is 2.50 bits per heavy atom. The van der Waals surface area contributed by atoms with Crippen molar-refractivity contribution in [3.05, 3.63) is 35.3 Å². The Labute approximate surface area is 224 Å². The minimum atomic E-state index is -3.54. The minimum absolute atomic E-state index is 0.0496. The summed E-state index contributed by atoms with van der Waals surface area (Å²) in [5.41, 5.74) is 1.83. The number of ether oxygens (including phenoxy) is 2. The highest BCUT2D eigenvalue weighted by molar-refractivity contribution is 7.90. The van der Waals surface area contributed by atoms with E-state index >= 15 is 0 Å². The van der Waals surface area contributed by atoms with E-state index in [1.165, 1.54) is 23.7 Å². The molecule has 0 N–H and O–H groups in total. The molecule has 11 nitrogen and oxygen atoms in total. The van der Waals surface area contributed by atoms with Gasteiger partial charge in [-0.05, 0) is 44.9 Å². The molecule has 3 aromatic rings. The van der Waals surface area contributed by atoms with Gasteiger partial charge in [-0.1, -0.05) is 0 Å². The molecule has 38 heavy (non-hydrogen) atoms. The second-order valence-electron chi connectivity index (χ2n) is 9.61. The lowest BCUT2D eigenvalue weighted by Gasteiger charge is -2.36. The number of nitrogens with zero attached hydrogens (tertiary/aromatic N) is 6. The number of anilines is 1. The summed E-state index contributed by atoms with van der Waals surface area (Å²) in [6.45, 7) is 5.80. The summed E-state index contributed by atoms with van der Waals surface area (Å²) >= 11 is 1.27. The van der Waals surface area contributed by atoms with Gasteiger partial charge in [0.25, 0.3) is 5.91 Å². The van der Waals surface area contributed by atoms with Crippen LogP contribution in [0.25, 0.3) is 0 Å². The van der Waals surface area contributed by atoms with Crippen LogP contribution in [0.1, 0.15) is 30.5 Å². The molecular formula is C24H29FN6O5S2. The number of carbonyl (C=O) groups excluding carboxylic acids is 1. The zero-order chi connectivity index (χ0) is 27.2. The first-order chi connectivity index (χ1) is 18.0. The van der Waals surface area contributed by atoms with Crippen molar-refractivity contribution in [1.82, 2.24) is 24.0 Å². The maximum absolute atomic E-state index is 14.4. The molecule has 0 bridgehead atoms. The van der Waals surface area contributed by atoms with Crippen LogP contribution in [0.15, 0.2) is 23.1 Å². The lowest BCUT2D eigenvalue weighted by Crippen LogP contribution is -2.47. The van der Waals surface area contributed by atoms with Gasteiger partial charge in [-0.3, -0.25) is 4.79 Å². The number of amides is 1. The molecule has 1 unspecified atom stereocenters. The number of aryl methyl sites for hydroxylation is 2. The van der Waals surface area contributed by atoms with E-state index in [-0.39, 0.29) is 28.6 Å². The highest BCUT2D eigenvalue weighted by atomic mass is 32.2. The van der Waals surface area contributed by atoms with E-state index in [1.807, 2.05) is 25.8 Å². The van der Waals surface area contributed by atoms with Crippen LogP contribution in [0, 0.1) is 19.7 Å². The number of carbonyl (C=O) groups is 1. The first-order valence-corrected chi connectivity index (χ1v) is 14.9. The summed E-state index contributed by atoms with van der Waals surface area (Å²) in [5.74, 6) is -0.496. The number of rotatable bonds is 7. The Kier molecular flexibility index (Phi) is 7.03. The monoisotopic (exact) mass is 564 g/mol. The Morgan fingerprint density at radius 1 is 1.13 bits per heavy atom. The van der Waals surface area contributed by atoms with Gasteiger partial charge in [0.2, 0.25) is 11.0 Å². The van der Waals surface area contributed by atoms with Gasteiger partial charge in [0.15, 0.2) is 27.5 Å². The highest BCUT2D eigenvalue weighted by Crippen LogP contribution is 2.32. The van der Waals surface area contributed by atoms with Crippen molar-refractivity contribution < 1.29 is 27.1 Å². The summed E-state index contributed by atoms with van der Waals surface area (Å²) in [4.78, 5) is 21.4. The van der Waals surface area contributed by atoms with Crippen LogP contribution in [0.5, 0.6) is 17.6 Å². The third-order valence-electron chi connectivity index (χ3n) is 7.01. The Balaban J connectivity index is 1.16. The van der Waals surface area contributed by atoms with E-state index in [0.717, 1.165) is 41.6 Å². The van der Waals surface area contributed by atoms with Crippen molar-refractivity contribution in [2.24, 2.45) is 7.05 Å². The molecular weight excluding hydrogens is 535 g/mol. The van der Waals surface area contributed by atoms with E-state index in [9.17, 15) is 17.6 Å². The second-order valence-corrected chi connectivity index (χ2v) is 12.4. The summed E-state index contributed by atoms with van der Waals surface area (Å²) in [6.07, 6.45) is 2.16. The fourth-order valence-electron chi connectivity index (χ4n) is 4.82. The maximum Gasteiger partial charge on any atom is 0.337 e. The molecule has 2 aromatic heterocycles. The molecule has 204 valence electrons. The summed E-state index contributed by atoms with van der Waals surface area (Å²) in [7, 11) is -1.72. The van der Waals surface area contributed by atoms with Crippen LogP contribution in [-0.4, -0.2) is 76.4 Å². The molecule has 2 aliphatic rings. The molecule has 5 rings (SSSR count). The first kappa shape index (κ1) is 26.4. The molecule has 0 spiro atoms. The minimum Gasteiger partial charge on any atom is -0.477 e. The molecule has 14 heteroatoms. The fraction of sp³-hybridized carbons (Fsp3) is 0.500. The SMILES string of the molecule is Cc1nn(C)c(Oc2nsc(N3CCC(N4CCC(Oc5ccc(S(C)(=O)=O)cc5F)C4=O)CC3)n2)c1C. The molecule has 1 atom stereocenters. The zero-order valence-electron chi connectivity index (χ0n) is 21.5. The third kappa shape index (κ3) is 5.19. The molecule has 1 aromatic carbocycles. The maximum atomic E-state index is 14.4.